The summed E-state index contributed by atoms with van der Waals surface area (Å²) in [6.07, 6.45) is 8.99. The second-order valence-corrected chi connectivity index (χ2v) is 8.26. The van der Waals surface area contributed by atoms with Crippen LogP contribution in [0.25, 0.3) is 6.08 Å². The number of hydrogen-bond acceptors (Lipinski definition) is 4. The van der Waals surface area contributed by atoms with Crippen molar-refractivity contribution < 1.29 is 14.3 Å². The number of carbonyl (C=O) groups excluding carboxylic acids is 2. The first-order valence-electron chi connectivity index (χ1n) is 9.22. The Balaban J connectivity index is 1.97. The van der Waals surface area contributed by atoms with Gasteiger partial charge in [-0.05, 0) is 42.5 Å². The van der Waals surface area contributed by atoms with Gasteiger partial charge in [0.2, 0.25) is 5.91 Å². The summed E-state index contributed by atoms with van der Waals surface area (Å²) < 4.78 is 6.85. The fourth-order valence-corrected chi connectivity index (χ4v) is 3.81. The minimum atomic E-state index is -0.356. The monoisotopic (exact) mass is 452 g/mol. The van der Waals surface area contributed by atoms with Gasteiger partial charge < -0.3 is 10.1 Å². The van der Waals surface area contributed by atoms with Crippen molar-refractivity contribution in [1.29, 1.82) is 0 Å². The molecule has 0 bridgehead atoms. The zero-order valence-electron chi connectivity index (χ0n) is 15.7. The van der Waals surface area contributed by atoms with E-state index in [0.29, 0.717) is 16.7 Å². The number of unbranched alkanes of at least 4 members (excludes halogenated alkanes) is 5. The number of aliphatic imine (C=N–C) groups is 1. The second-order valence-electron chi connectivity index (χ2n) is 6.31. The van der Waals surface area contributed by atoms with E-state index < -0.39 is 0 Å². The molecule has 7 heteroatoms. The fraction of sp³-hybridized carbons (Fsp3) is 0.450. The number of carbonyl (C=O) groups is 2. The lowest BCUT2D eigenvalue weighted by Crippen LogP contribution is -2.23. The van der Waals surface area contributed by atoms with Crippen molar-refractivity contribution in [2.75, 3.05) is 6.61 Å². The van der Waals surface area contributed by atoms with Crippen molar-refractivity contribution in [3.8, 4) is 5.75 Å². The van der Waals surface area contributed by atoms with Crippen molar-refractivity contribution >= 4 is 50.7 Å². The third-order valence-corrected chi connectivity index (χ3v) is 5.31. The maximum absolute atomic E-state index is 12.1. The number of nitrogens with one attached hydrogen (secondary N) is 1. The Kier molecular flexibility index (Phi) is 9.07. The predicted molar refractivity (Wildman–Crippen MR) is 115 cm³/mol. The smallest absolute Gasteiger partial charge is 0.286 e. The van der Waals surface area contributed by atoms with Gasteiger partial charge in [-0.15, -0.1) is 0 Å². The molecule has 0 fully saturated rings. The number of nitrogens with zero attached hydrogens (tertiary/aromatic N) is 1. The molecular weight excluding hydrogens is 428 g/mol. The van der Waals surface area contributed by atoms with E-state index in [-0.39, 0.29) is 11.8 Å². The van der Waals surface area contributed by atoms with Gasteiger partial charge in [-0.3, -0.25) is 9.59 Å². The molecule has 5 nitrogen and oxygen atoms in total. The highest BCUT2D eigenvalue weighted by molar-refractivity contribution is 9.10. The molecule has 27 heavy (non-hydrogen) atoms. The van der Waals surface area contributed by atoms with Gasteiger partial charge in [0, 0.05) is 17.0 Å². The molecule has 146 valence electrons. The van der Waals surface area contributed by atoms with E-state index in [2.05, 4.69) is 33.2 Å². The zero-order valence-corrected chi connectivity index (χ0v) is 18.1. The summed E-state index contributed by atoms with van der Waals surface area (Å²) in [5.74, 6) is 0.131. The van der Waals surface area contributed by atoms with E-state index in [0.717, 1.165) is 40.4 Å². The topological polar surface area (TPSA) is 67.8 Å². The van der Waals surface area contributed by atoms with Crippen LogP contribution >= 0.6 is 27.7 Å². The Morgan fingerprint density at radius 3 is 2.74 bits per heavy atom. The van der Waals surface area contributed by atoms with Gasteiger partial charge in [0.05, 0.1) is 11.5 Å². The molecule has 1 aromatic carbocycles. The molecule has 0 aromatic heterocycles. The van der Waals surface area contributed by atoms with Gasteiger partial charge in [-0.25, -0.2) is 0 Å². The van der Waals surface area contributed by atoms with Crippen LogP contribution in [0.1, 0.15) is 57.9 Å². The molecule has 0 atom stereocenters. The first-order chi connectivity index (χ1) is 13.0. The summed E-state index contributed by atoms with van der Waals surface area (Å²) in [5, 5.41) is 2.86. The average molecular weight is 453 g/mol. The molecule has 1 N–H and O–H groups in total. The molecule has 1 aliphatic heterocycles. The number of hydrogen-bond donors (Lipinski definition) is 1. The molecule has 0 radical (unpaired) electrons. The van der Waals surface area contributed by atoms with Gasteiger partial charge in [-0.1, -0.05) is 55.0 Å². The molecule has 0 unspecified atom stereocenters. The van der Waals surface area contributed by atoms with Crippen LogP contribution in [0, 0.1) is 0 Å². The Hall–Kier alpha value is -1.60. The summed E-state index contributed by atoms with van der Waals surface area (Å²) >= 11 is 4.62. The number of thioether (sulfide) groups is 1. The lowest BCUT2D eigenvalue weighted by molar-refractivity contribution is -0.117. The van der Waals surface area contributed by atoms with E-state index in [9.17, 15) is 9.59 Å². The molecule has 0 saturated carbocycles. The van der Waals surface area contributed by atoms with Crippen LogP contribution in [-0.2, 0) is 9.59 Å². The maximum Gasteiger partial charge on any atom is 0.286 e. The Bertz CT molecular complexity index is 747. The quantitative estimate of drug-likeness (QED) is 0.407. The van der Waals surface area contributed by atoms with Crippen molar-refractivity contribution in [2.24, 2.45) is 4.99 Å². The largest absolute Gasteiger partial charge is 0.493 e. The first-order valence-corrected chi connectivity index (χ1v) is 10.8. The molecule has 1 heterocycles. The van der Waals surface area contributed by atoms with Crippen molar-refractivity contribution in [1.82, 2.24) is 5.32 Å². The summed E-state index contributed by atoms with van der Waals surface area (Å²) in [6.45, 7) is 4.25. The molecule has 0 aliphatic carbocycles. The summed E-state index contributed by atoms with van der Waals surface area (Å²) in [6, 6.07) is 5.72. The number of halogens is 1. The average Bonchev–Trinajstić information content (AvgIpc) is 2.94. The molecule has 0 saturated heterocycles. The van der Waals surface area contributed by atoms with E-state index >= 15 is 0 Å². The third-order valence-electron chi connectivity index (χ3n) is 3.92. The van der Waals surface area contributed by atoms with Crippen LogP contribution in [0.5, 0.6) is 5.75 Å². The lowest BCUT2D eigenvalue weighted by atomic mass is 10.1. The molecular formula is C20H25BrN2O3S. The van der Waals surface area contributed by atoms with Crippen LogP contribution in [0.2, 0.25) is 0 Å². The number of amidine groups is 1. The minimum absolute atomic E-state index is 0.249. The van der Waals surface area contributed by atoms with E-state index in [1.165, 1.54) is 32.6 Å². The predicted octanol–water partition coefficient (Wildman–Crippen LogP) is 5.29. The third kappa shape index (κ3) is 7.50. The first kappa shape index (κ1) is 21.7. The van der Waals surface area contributed by atoms with Gasteiger partial charge in [-0.2, -0.15) is 4.99 Å². The standard InChI is InChI=1S/C20H25BrN2O3S/c1-3-4-5-6-7-8-11-26-17-10-9-16(21)12-15(17)13-18-19(25)23-20(27-18)22-14(2)24/h9-10,12-13H,3-8,11H2,1-2H3,(H,22,23,24,25)/b18-13+. The maximum atomic E-state index is 12.1. The van der Waals surface area contributed by atoms with E-state index in [1.54, 1.807) is 6.08 Å². The minimum Gasteiger partial charge on any atom is -0.493 e. The fourth-order valence-electron chi connectivity index (χ4n) is 2.58. The lowest BCUT2D eigenvalue weighted by Gasteiger charge is -2.10. The Morgan fingerprint density at radius 2 is 2.00 bits per heavy atom. The normalized spacial score (nSPS) is 15.1. The number of benzene rings is 1. The molecule has 2 amide bonds. The highest BCUT2D eigenvalue weighted by Crippen LogP contribution is 2.32. The molecule has 0 spiro atoms. The molecule has 1 aromatic rings. The van der Waals surface area contributed by atoms with Crippen LogP contribution < -0.4 is 10.1 Å². The molecule has 1 aliphatic rings. The van der Waals surface area contributed by atoms with Crippen LogP contribution in [-0.4, -0.2) is 23.6 Å². The van der Waals surface area contributed by atoms with Crippen LogP contribution in [0.3, 0.4) is 0 Å². The van der Waals surface area contributed by atoms with Gasteiger partial charge >= 0.3 is 0 Å². The van der Waals surface area contributed by atoms with Crippen molar-refractivity contribution in [3.63, 3.8) is 0 Å². The van der Waals surface area contributed by atoms with E-state index in [4.69, 9.17) is 4.74 Å². The number of amides is 2. The Labute approximate surface area is 173 Å². The summed E-state index contributed by atoms with van der Waals surface area (Å²) in [7, 11) is 0. The van der Waals surface area contributed by atoms with Crippen LogP contribution in [0.15, 0.2) is 32.6 Å². The highest BCUT2D eigenvalue weighted by Gasteiger charge is 2.23. The zero-order chi connectivity index (χ0) is 19.6. The van der Waals surface area contributed by atoms with E-state index in [1.807, 2.05) is 18.2 Å². The molecule has 2 rings (SSSR count). The second kappa shape index (κ2) is 11.3. The van der Waals surface area contributed by atoms with Gasteiger partial charge in [0.15, 0.2) is 5.17 Å². The SMILES string of the molecule is CCCCCCCCOc1ccc(Br)cc1/C=C1/SC(NC(C)=O)=NC1=O. The summed E-state index contributed by atoms with van der Waals surface area (Å²) in [4.78, 5) is 27.5. The Morgan fingerprint density at radius 1 is 1.26 bits per heavy atom. The van der Waals surface area contributed by atoms with Crippen molar-refractivity contribution in [2.45, 2.75) is 52.4 Å². The van der Waals surface area contributed by atoms with Gasteiger partial charge in [0.1, 0.15) is 5.75 Å². The van der Waals surface area contributed by atoms with Crippen LogP contribution in [0.4, 0.5) is 0 Å². The van der Waals surface area contributed by atoms with Gasteiger partial charge in [0.25, 0.3) is 5.91 Å². The summed E-state index contributed by atoms with van der Waals surface area (Å²) in [5.41, 5.74) is 0.811. The number of rotatable bonds is 9. The van der Waals surface area contributed by atoms with Crippen molar-refractivity contribution in [3.05, 3.63) is 33.1 Å². The number of ether oxygens (including phenoxy) is 1. The highest BCUT2D eigenvalue weighted by atomic mass is 79.9.